The number of halogens is 2. The number of nitrogen functional groups attached to an aromatic ring is 1. The maximum absolute atomic E-state index is 13.0. The van der Waals surface area contributed by atoms with E-state index < -0.39 is 0 Å². The molecule has 1 amide bonds. The summed E-state index contributed by atoms with van der Waals surface area (Å²) in [6.45, 7) is 3.10. The molecule has 1 aliphatic rings. The zero-order valence-corrected chi connectivity index (χ0v) is 14.8. The Kier molecular flexibility index (Phi) is 5.13. The molecule has 1 fully saturated rings. The van der Waals surface area contributed by atoms with Crippen LogP contribution in [0, 0.1) is 5.82 Å². The van der Waals surface area contributed by atoms with Gasteiger partial charge < -0.3 is 16.0 Å². The Bertz CT molecular complexity index is 779. The molecule has 0 aromatic heterocycles. The summed E-state index contributed by atoms with van der Waals surface area (Å²) < 4.78 is 13.0. The Morgan fingerprint density at radius 1 is 1.28 bits per heavy atom. The van der Waals surface area contributed by atoms with Crippen molar-refractivity contribution < 1.29 is 9.18 Å². The topological polar surface area (TPSA) is 58.4 Å². The quantitative estimate of drug-likeness (QED) is 0.779. The Morgan fingerprint density at radius 3 is 2.68 bits per heavy atom. The summed E-state index contributed by atoms with van der Waals surface area (Å²) >= 11 is 6.26. The number of anilines is 3. The number of carbonyl (C=O) groups is 1. The lowest BCUT2D eigenvalue weighted by Crippen LogP contribution is -2.37. The van der Waals surface area contributed by atoms with Gasteiger partial charge in [-0.1, -0.05) is 11.6 Å². The Hall–Kier alpha value is -2.27. The average Bonchev–Trinajstić information content (AvgIpc) is 2.58. The summed E-state index contributed by atoms with van der Waals surface area (Å²) in [5.74, 6) is -0.729. The molecule has 6 heteroatoms. The van der Waals surface area contributed by atoms with Crippen LogP contribution >= 0.6 is 11.6 Å². The molecule has 1 aliphatic heterocycles. The molecule has 25 heavy (non-hydrogen) atoms. The first-order chi connectivity index (χ1) is 12.0. The molecule has 3 rings (SSSR count). The first-order valence-corrected chi connectivity index (χ1v) is 8.76. The van der Waals surface area contributed by atoms with Crippen LogP contribution in [-0.4, -0.2) is 18.5 Å². The van der Waals surface area contributed by atoms with Gasteiger partial charge in [0.15, 0.2) is 0 Å². The van der Waals surface area contributed by atoms with Crippen LogP contribution in [0.5, 0.6) is 0 Å². The second kappa shape index (κ2) is 7.31. The van der Waals surface area contributed by atoms with Crippen molar-refractivity contribution in [3.63, 3.8) is 0 Å². The highest BCUT2D eigenvalue weighted by atomic mass is 35.5. The van der Waals surface area contributed by atoms with Gasteiger partial charge in [-0.2, -0.15) is 0 Å². The van der Waals surface area contributed by atoms with Crippen molar-refractivity contribution in [1.82, 2.24) is 0 Å². The second-order valence-electron chi connectivity index (χ2n) is 6.39. The van der Waals surface area contributed by atoms with Crippen LogP contribution in [0.2, 0.25) is 5.02 Å². The summed E-state index contributed by atoms with van der Waals surface area (Å²) in [5, 5.41) is 3.17. The van der Waals surface area contributed by atoms with E-state index in [2.05, 4.69) is 17.1 Å². The SMILES string of the molecule is C[C@H]1CCCCN1c1cc(NC(=O)c2ccc(F)cc2)c(Cl)cc1N. The number of hydrogen-bond donors (Lipinski definition) is 2. The molecule has 0 bridgehead atoms. The van der Waals surface area contributed by atoms with E-state index in [1.165, 1.54) is 30.7 Å². The first-order valence-electron chi connectivity index (χ1n) is 8.38. The van der Waals surface area contributed by atoms with Crippen molar-refractivity contribution in [2.24, 2.45) is 0 Å². The van der Waals surface area contributed by atoms with Crippen molar-refractivity contribution in [2.45, 2.75) is 32.2 Å². The maximum atomic E-state index is 13.0. The highest BCUT2D eigenvalue weighted by Crippen LogP contribution is 2.36. The summed E-state index contributed by atoms with van der Waals surface area (Å²) in [5.41, 5.74) is 8.50. The molecular weight excluding hydrogens is 341 g/mol. The number of nitrogens with one attached hydrogen (secondary N) is 1. The molecule has 4 nitrogen and oxygen atoms in total. The van der Waals surface area contributed by atoms with Crippen LogP contribution in [0.1, 0.15) is 36.5 Å². The van der Waals surface area contributed by atoms with Gasteiger partial charge in [-0.15, -0.1) is 0 Å². The van der Waals surface area contributed by atoms with Crippen molar-refractivity contribution in [3.05, 3.63) is 52.8 Å². The molecule has 1 saturated heterocycles. The predicted octanol–water partition coefficient (Wildman–Crippen LogP) is 4.69. The summed E-state index contributed by atoms with van der Waals surface area (Å²) in [4.78, 5) is 14.6. The van der Waals surface area contributed by atoms with E-state index in [0.29, 0.717) is 28.0 Å². The van der Waals surface area contributed by atoms with Gasteiger partial charge in [0.2, 0.25) is 0 Å². The van der Waals surface area contributed by atoms with E-state index >= 15 is 0 Å². The van der Waals surface area contributed by atoms with Gasteiger partial charge in [0, 0.05) is 18.2 Å². The molecule has 2 aromatic carbocycles. The van der Waals surface area contributed by atoms with Gasteiger partial charge in [0.1, 0.15) is 5.82 Å². The molecule has 0 saturated carbocycles. The van der Waals surface area contributed by atoms with Crippen LogP contribution in [0.25, 0.3) is 0 Å². The molecule has 0 spiro atoms. The van der Waals surface area contributed by atoms with Gasteiger partial charge in [0.05, 0.1) is 22.1 Å². The normalized spacial score (nSPS) is 17.4. The zero-order chi connectivity index (χ0) is 18.0. The average molecular weight is 362 g/mol. The van der Waals surface area contributed by atoms with Crippen LogP contribution in [0.15, 0.2) is 36.4 Å². The fourth-order valence-electron chi connectivity index (χ4n) is 3.17. The lowest BCUT2D eigenvalue weighted by Gasteiger charge is -2.36. The maximum Gasteiger partial charge on any atom is 0.255 e. The number of benzene rings is 2. The number of carbonyl (C=O) groups excluding carboxylic acids is 1. The third kappa shape index (κ3) is 3.87. The number of piperidine rings is 1. The molecule has 0 unspecified atom stereocenters. The number of rotatable bonds is 3. The van der Waals surface area contributed by atoms with Crippen molar-refractivity contribution in [1.29, 1.82) is 0 Å². The van der Waals surface area contributed by atoms with Crippen LogP contribution in [0.4, 0.5) is 21.5 Å². The Labute approximate surface area is 151 Å². The Morgan fingerprint density at radius 2 is 2.00 bits per heavy atom. The number of nitrogens with zero attached hydrogens (tertiary/aromatic N) is 1. The molecule has 1 atom stereocenters. The minimum absolute atomic E-state index is 0.343. The molecule has 1 heterocycles. The van der Waals surface area contributed by atoms with E-state index in [1.54, 1.807) is 6.07 Å². The number of nitrogens with two attached hydrogens (primary N) is 1. The van der Waals surface area contributed by atoms with E-state index in [9.17, 15) is 9.18 Å². The van der Waals surface area contributed by atoms with E-state index in [-0.39, 0.29) is 11.7 Å². The fourth-order valence-corrected chi connectivity index (χ4v) is 3.39. The van der Waals surface area contributed by atoms with Crippen molar-refractivity contribution in [3.8, 4) is 0 Å². The van der Waals surface area contributed by atoms with Gasteiger partial charge in [-0.3, -0.25) is 4.79 Å². The predicted molar refractivity (Wildman–Crippen MR) is 101 cm³/mol. The van der Waals surface area contributed by atoms with E-state index in [0.717, 1.165) is 25.1 Å². The third-order valence-electron chi connectivity index (χ3n) is 4.58. The van der Waals surface area contributed by atoms with Crippen molar-refractivity contribution in [2.75, 3.05) is 22.5 Å². The van der Waals surface area contributed by atoms with E-state index in [4.69, 9.17) is 17.3 Å². The van der Waals surface area contributed by atoms with Crippen LogP contribution in [0.3, 0.4) is 0 Å². The van der Waals surface area contributed by atoms with Gasteiger partial charge in [-0.05, 0) is 62.6 Å². The number of amides is 1. The van der Waals surface area contributed by atoms with Gasteiger partial charge in [-0.25, -0.2) is 4.39 Å². The summed E-state index contributed by atoms with van der Waals surface area (Å²) in [6, 6.07) is 9.24. The lowest BCUT2D eigenvalue weighted by atomic mass is 10.0. The van der Waals surface area contributed by atoms with Crippen LogP contribution < -0.4 is 16.0 Å². The Balaban J connectivity index is 1.87. The molecule has 2 aromatic rings. The zero-order valence-electron chi connectivity index (χ0n) is 14.1. The summed E-state index contributed by atoms with van der Waals surface area (Å²) in [7, 11) is 0. The molecule has 0 radical (unpaired) electrons. The summed E-state index contributed by atoms with van der Waals surface area (Å²) in [6.07, 6.45) is 3.43. The first kappa shape index (κ1) is 17.5. The third-order valence-corrected chi connectivity index (χ3v) is 4.90. The highest BCUT2D eigenvalue weighted by molar-refractivity contribution is 6.34. The highest BCUT2D eigenvalue weighted by Gasteiger charge is 2.22. The molecule has 132 valence electrons. The van der Waals surface area contributed by atoms with Crippen molar-refractivity contribution >= 4 is 34.6 Å². The minimum atomic E-state index is -0.386. The minimum Gasteiger partial charge on any atom is -0.397 e. The largest absolute Gasteiger partial charge is 0.397 e. The standard InChI is InChI=1S/C19H21ClFN3O/c1-12-4-2-3-9-24(12)18-11-17(15(20)10-16(18)22)23-19(25)13-5-7-14(21)8-6-13/h5-8,10-12H,2-4,9,22H2,1H3,(H,23,25)/t12-/m0/s1. The van der Waals surface area contributed by atoms with Crippen LogP contribution in [-0.2, 0) is 0 Å². The van der Waals surface area contributed by atoms with E-state index in [1.807, 2.05) is 6.07 Å². The van der Waals surface area contributed by atoms with Gasteiger partial charge in [0.25, 0.3) is 5.91 Å². The number of hydrogen-bond acceptors (Lipinski definition) is 3. The monoisotopic (exact) mass is 361 g/mol. The smallest absolute Gasteiger partial charge is 0.255 e. The fraction of sp³-hybridized carbons (Fsp3) is 0.316. The molecule has 3 N–H and O–H groups in total. The van der Waals surface area contributed by atoms with Gasteiger partial charge >= 0.3 is 0 Å². The molecule has 0 aliphatic carbocycles. The molecular formula is C19H21ClFN3O. The lowest BCUT2D eigenvalue weighted by molar-refractivity contribution is 0.102. The second-order valence-corrected chi connectivity index (χ2v) is 6.80.